The molecule has 0 radical (unpaired) electrons. The van der Waals surface area contributed by atoms with E-state index in [1.165, 1.54) is 0 Å². The molecular weight excluding hydrogens is 494 g/mol. The molecule has 2 aliphatic heterocycles. The first-order valence-electron chi connectivity index (χ1n) is 12.8. The Labute approximate surface area is 221 Å². The molecule has 3 aromatic rings. The number of nitrogens with one attached hydrogen (secondary N) is 3. The van der Waals surface area contributed by atoms with E-state index in [1.807, 2.05) is 18.2 Å². The van der Waals surface area contributed by atoms with E-state index in [0.29, 0.717) is 11.0 Å². The number of hydrogen-bond donors (Lipinski definition) is 3. The summed E-state index contributed by atoms with van der Waals surface area (Å²) in [5.41, 5.74) is 1.56. The normalized spacial score (nSPS) is 17.9. The largest absolute Gasteiger partial charge is 0.354 e. The summed E-state index contributed by atoms with van der Waals surface area (Å²) in [6, 6.07) is 8.14. The molecule has 3 N–H and O–H groups in total. The van der Waals surface area contributed by atoms with Gasteiger partial charge in [-0.05, 0) is 69.5 Å². The molecule has 4 heterocycles. The van der Waals surface area contributed by atoms with Crippen LogP contribution < -0.4 is 16.0 Å². The van der Waals surface area contributed by atoms with Crippen LogP contribution in [-0.2, 0) is 4.79 Å². The van der Waals surface area contributed by atoms with Crippen LogP contribution in [0.15, 0.2) is 30.5 Å². The van der Waals surface area contributed by atoms with Crippen molar-refractivity contribution in [2.24, 2.45) is 5.92 Å². The summed E-state index contributed by atoms with van der Waals surface area (Å²) in [6.07, 6.45) is 4.48. The van der Waals surface area contributed by atoms with Gasteiger partial charge in [-0.3, -0.25) is 4.79 Å². The van der Waals surface area contributed by atoms with E-state index in [-0.39, 0.29) is 11.8 Å². The Kier molecular flexibility index (Phi) is 8.33. The molecule has 5 rings (SSSR count). The van der Waals surface area contributed by atoms with Gasteiger partial charge in [-0.15, -0.1) is 11.3 Å². The van der Waals surface area contributed by atoms with Crippen LogP contribution in [0.2, 0.25) is 5.02 Å². The van der Waals surface area contributed by atoms with Crippen molar-refractivity contribution < 1.29 is 4.79 Å². The smallest absolute Gasteiger partial charge is 0.227 e. The molecule has 2 aliphatic rings. The van der Waals surface area contributed by atoms with Gasteiger partial charge in [0.2, 0.25) is 11.9 Å². The highest BCUT2D eigenvalue weighted by Crippen LogP contribution is 2.37. The highest BCUT2D eigenvalue weighted by molar-refractivity contribution is 7.22. The topological polar surface area (TPSA) is 85.4 Å². The Morgan fingerprint density at radius 3 is 2.81 bits per heavy atom. The Balaban J connectivity index is 1.21. The number of nitrogens with zero attached hydrogens (tertiary/aromatic N) is 4. The summed E-state index contributed by atoms with van der Waals surface area (Å²) in [4.78, 5) is 27.6. The van der Waals surface area contributed by atoms with Gasteiger partial charge in [0.25, 0.3) is 0 Å². The SMILES string of the molecule is CN1CCN(CCCNc2ncc(Cl)c(-c3cc4ccc(NC(=O)C5CCNCC5)cc4s3)n2)CC1. The van der Waals surface area contributed by atoms with E-state index < -0.39 is 0 Å². The number of halogens is 1. The van der Waals surface area contributed by atoms with E-state index >= 15 is 0 Å². The Morgan fingerprint density at radius 1 is 1.19 bits per heavy atom. The van der Waals surface area contributed by atoms with Crippen LogP contribution >= 0.6 is 22.9 Å². The summed E-state index contributed by atoms with van der Waals surface area (Å²) in [5, 5.41) is 11.4. The second-order valence-electron chi connectivity index (χ2n) is 9.69. The van der Waals surface area contributed by atoms with Crippen molar-refractivity contribution in [3.8, 4) is 10.6 Å². The van der Waals surface area contributed by atoms with Crippen LogP contribution in [0.4, 0.5) is 11.6 Å². The van der Waals surface area contributed by atoms with Crippen LogP contribution in [0.3, 0.4) is 0 Å². The molecule has 0 saturated carbocycles. The number of likely N-dealkylation sites (N-methyl/N-ethyl adjacent to an activating group) is 1. The minimum absolute atomic E-state index is 0.0770. The first kappa shape index (κ1) is 25.4. The zero-order valence-electron chi connectivity index (χ0n) is 20.7. The number of carbonyl (C=O) groups is 1. The number of rotatable bonds is 8. The lowest BCUT2D eigenvalue weighted by molar-refractivity contribution is -0.120. The lowest BCUT2D eigenvalue weighted by Gasteiger charge is -2.32. The zero-order valence-corrected chi connectivity index (χ0v) is 22.3. The van der Waals surface area contributed by atoms with Crippen molar-refractivity contribution in [1.82, 2.24) is 25.1 Å². The number of fused-ring (bicyclic) bond motifs is 1. The summed E-state index contributed by atoms with van der Waals surface area (Å²) in [6.45, 7) is 8.24. The van der Waals surface area contributed by atoms with Crippen molar-refractivity contribution >= 4 is 50.6 Å². The Morgan fingerprint density at radius 2 is 2.00 bits per heavy atom. The van der Waals surface area contributed by atoms with Gasteiger partial charge in [-0.1, -0.05) is 17.7 Å². The van der Waals surface area contributed by atoms with Crippen molar-refractivity contribution in [3.63, 3.8) is 0 Å². The van der Waals surface area contributed by atoms with Gasteiger partial charge in [0.15, 0.2) is 0 Å². The molecule has 2 fully saturated rings. The lowest BCUT2D eigenvalue weighted by Crippen LogP contribution is -2.44. The average molecular weight is 528 g/mol. The van der Waals surface area contributed by atoms with Gasteiger partial charge in [0, 0.05) is 49.0 Å². The van der Waals surface area contributed by atoms with Gasteiger partial charge in [0.05, 0.1) is 16.1 Å². The van der Waals surface area contributed by atoms with Crippen LogP contribution in [-0.4, -0.2) is 85.1 Å². The number of thiophene rings is 1. The van der Waals surface area contributed by atoms with E-state index in [1.54, 1.807) is 17.5 Å². The molecule has 0 unspecified atom stereocenters. The first-order valence-corrected chi connectivity index (χ1v) is 14.0. The number of carbonyl (C=O) groups excluding carboxylic acids is 1. The number of benzene rings is 1. The maximum Gasteiger partial charge on any atom is 0.227 e. The summed E-state index contributed by atoms with van der Waals surface area (Å²) >= 11 is 8.12. The Hall–Kier alpha value is -2.30. The number of piperidine rings is 1. The summed E-state index contributed by atoms with van der Waals surface area (Å²) in [5.74, 6) is 0.781. The van der Waals surface area contributed by atoms with Crippen LogP contribution in [0.25, 0.3) is 20.7 Å². The molecule has 1 amide bonds. The Bertz CT molecular complexity index is 1190. The number of anilines is 2. The molecule has 36 heavy (non-hydrogen) atoms. The highest BCUT2D eigenvalue weighted by atomic mass is 35.5. The highest BCUT2D eigenvalue weighted by Gasteiger charge is 2.21. The fourth-order valence-corrected chi connectivity index (χ4v) is 6.11. The van der Waals surface area contributed by atoms with Crippen molar-refractivity contribution in [1.29, 1.82) is 0 Å². The lowest BCUT2D eigenvalue weighted by atomic mass is 9.97. The van der Waals surface area contributed by atoms with Crippen LogP contribution in [0.5, 0.6) is 0 Å². The molecule has 2 aromatic heterocycles. The third kappa shape index (κ3) is 6.33. The minimum atomic E-state index is 0.0770. The van der Waals surface area contributed by atoms with Crippen molar-refractivity contribution in [2.75, 3.05) is 70.0 Å². The monoisotopic (exact) mass is 527 g/mol. The molecule has 10 heteroatoms. The predicted molar refractivity (Wildman–Crippen MR) is 149 cm³/mol. The van der Waals surface area contributed by atoms with Crippen molar-refractivity contribution in [3.05, 3.63) is 35.5 Å². The molecule has 0 atom stereocenters. The molecule has 0 bridgehead atoms. The van der Waals surface area contributed by atoms with Gasteiger partial charge in [-0.25, -0.2) is 9.97 Å². The number of amides is 1. The maximum atomic E-state index is 12.6. The van der Waals surface area contributed by atoms with E-state index in [4.69, 9.17) is 16.6 Å². The molecule has 0 spiro atoms. The van der Waals surface area contributed by atoms with Crippen LogP contribution in [0, 0.1) is 5.92 Å². The molecule has 192 valence electrons. The predicted octanol–water partition coefficient (Wildman–Crippen LogP) is 4.00. The molecule has 2 saturated heterocycles. The van der Waals surface area contributed by atoms with Gasteiger partial charge in [0.1, 0.15) is 5.69 Å². The molecular formula is C26H34ClN7OS. The molecule has 0 aliphatic carbocycles. The number of aromatic nitrogens is 2. The molecule has 8 nitrogen and oxygen atoms in total. The summed E-state index contributed by atoms with van der Waals surface area (Å²) in [7, 11) is 2.18. The van der Waals surface area contributed by atoms with E-state index in [0.717, 1.165) is 98.0 Å². The second-order valence-corrected chi connectivity index (χ2v) is 11.2. The van der Waals surface area contributed by atoms with Crippen molar-refractivity contribution in [2.45, 2.75) is 19.3 Å². The third-order valence-electron chi connectivity index (χ3n) is 7.01. The quantitative estimate of drug-likeness (QED) is 0.382. The fourth-order valence-electron chi connectivity index (χ4n) is 4.75. The summed E-state index contributed by atoms with van der Waals surface area (Å²) < 4.78 is 1.09. The minimum Gasteiger partial charge on any atom is -0.354 e. The van der Waals surface area contributed by atoms with Gasteiger partial charge >= 0.3 is 0 Å². The third-order valence-corrected chi connectivity index (χ3v) is 8.39. The molecule has 1 aromatic carbocycles. The van der Waals surface area contributed by atoms with Gasteiger partial charge < -0.3 is 25.8 Å². The first-order chi connectivity index (χ1) is 17.5. The van der Waals surface area contributed by atoms with Crippen LogP contribution in [0.1, 0.15) is 19.3 Å². The van der Waals surface area contributed by atoms with E-state index in [9.17, 15) is 4.79 Å². The van der Waals surface area contributed by atoms with Gasteiger partial charge in [-0.2, -0.15) is 0 Å². The maximum absolute atomic E-state index is 12.6. The number of hydrogen-bond acceptors (Lipinski definition) is 8. The van der Waals surface area contributed by atoms with E-state index in [2.05, 4.69) is 43.8 Å². The second kappa shape index (κ2) is 11.8. The number of piperazine rings is 1. The standard InChI is InChI=1S/C26H34ClN7OS/c1-33-11-13-34(14-12-33)10-2-7-29-26-30-17-21(27)24(32-26)23-15-19-3-4-20(16-22(19)36-23)31-25(35)18-5-8-28-9-6-18/h3-4,15-18,28H,2,5-14H2,1H3,(H,31,35)(H,29,30,32). The fraction of sp³-hybridized carbons (Fsp3) is 0.500. The average Bonchev–Trinajstić information content (AvgIpc) is 3.32. The zero-order chi connectivity index (χ0) is 24.9.